The Morgan fingerprint density at radius 3 is 2.65 bits per heavy atom. The van der Waals surface area contributed by atoms with E-state index in [0.29, 0.717) is 17.4 Å². The third-order valence-corrected chi connectivity index (χ3v) is 5.27. The fourth-order valence-electron chi connectivity index (χ4n) is 3.03. The van der Waals surface area contributed by atoms with E-state index in [2.05, 4.69) is 5.32 Å². The number of hydrogen-bond acceptors (Lipinski definition) is 4. The van der Waals surface area contributed by atoms with Crippen LogP contribution >= 0.6 is 11.8 Å². The van der Waals surface area contributed by atoms with E-state index in [0.717, 1.165) is 16.5 Å². The average molecular weight is 366 g/mol. The number of benzene rings is 2. The molecule has 1 unspecified atom stereocenters. The number of hydrogen-bond donors (Lipinski definition) is 1. The van der Waals surface area contributed by atoms with Crippen molar-refractivity contribution in [1.29, 1.82) is 0 Å². The van der Waals surface area contributed by atoms with Crippen molar-refractivity contribution < 1.29 is 14.0 Å². The number of carbonyl (C=O) groups excluding carboxylic acids is 2. The third-order valence-electron chi connectivity index (χ3n) is 4.33. The molecule has 132 valence electrons. The first-order valence-electron chi connectivity index (χ1n) is 8.39. The molecule has 2 aromatic carbocycles. The second-order valence-electron chi connectivity index (χ2n) is 6.17. The largest absolute Gasteiger partial charge is 0.459 e. The molecule has 5 nitrogen and oxygen atoms in total. The van der Waals surface area contributed by atoms with Gasteiger partial charge in [0.1, 0.15) is 23.9 Å². The van der Waals surface area contributed by atoms with E-state index in [1.54, 1.807) is 4.90 Å². The molecule has 0 aliphatic carbocycles. The van der Waals surface area contributed by atoms with Gasteiger partial charge in [-0.15, -0.1) is 11.8 Å². The van der Waals surface area contributed by atoms with Gasteiger partial charge in [0.05, 0.1) is 11.6 Å². The van der Waals surface area contributed by atoms with Crippen molar-refractivity contribution in [2.24, 2.45) is 0 Å². The summed E-state index contributed by atoms with van der Waals surface area (Å²) in [5, 5.41) is 4.01. The zero-order chi connectivity index (χ0) is 17.9. The fourth-order valence-corrected chi connectivity index (χ4v) is 3.93. The third kappa shape index (κ3) is 3.46. The van der Waals surface area contributed by atoms with Crippen molar-refractivity contribution in [2.45, 2.75) is 6.04 Å². The molecule has 2 amide bonds. The van der Waals surface area contributed by atoms with E-state index >= 15 is 0 Å². The van der Waals surface area contributed by atoms with Crippen LogP contribution < -0.4 is 5.32 Å². The summed E-state index contributed by atoms with van der Waals surface area (Å²) in [6.07, 6.45) is 0. The predicted octanol–water partition coefficient (Wildman–Crippen LogP) is 3.17. The Labute approximate surface area is 155 Å². The molecule has 1 saturated heterocycles. The minimum absolute atomic E-state index is 0.00477. The summed E-state index contributed by atoms with van der Waals surface area (Å²) in [6.45, 7) is 0.0649. The minimum atomic E-state index is -0.401. The van der Waals surface area contributed by atoms with Crippen molar-refractivity contribution in [1.82, 2.24) is 10.2 Å². The van der Waals surface area contributed by atoms with Gasteiger partial charge >= 0.3 is 0 Å². The molecule has 1 fully saturated rings. The Bertz CT molecular complexity index is 905. The number of para-hydroxylation sites is 1. The molecule has 26 heavy (non-hydrogen) atoms. The molecule has 0 spiro atoms. The Morgan fingerprint density at radius 1 is 1.15 bits per heavy atom. The number of furan rings is 1. The highest BCUT2D eigenvalue weighted by Gasteiger charge is 2.26. The Kier molecular flexibility index (Phi) is 4.67. The lowest BCUT2D eigenvalue weighted by Gasteiger charge is -2.20. The van der Waals surface area contributed by atoms with E-state index in [9.17, 15) is 9.59 Å². The molecule has 4 rings (SSSR count). The minimum Gasteiger partial charge on any atom is -0.459 e. The number of nitrogens with zero attached hydrogens (tertiary/aromatic N) is 1. The number of carbonyl (C=O) groups is 2. The van der Waals surface area contributed by atoms with Crippen LogP contribution in [0, 0.1) is 0 Å². The summed E-state index contributed by atoms with van der Waals surface area (Å²) in [7, 11) is 0. The van der Waals surface area contributed by atoms with E-state index in [1.165, 1.54) is 11.8 Å². The normalized spacial score (nSPS) is 15.4. The lowest BCUT2D eigenvalue weighted by Crippen LogP contribution is -2.39. The van der Waals surface area contributed by atoms with Crippen LogP contribution in [0.1, 0.15) is 17.4 Å². The van der Waals surface area contributed by atoms with Crippen LogP contribution in [0.5, 0.6) is 0 Å². The highest BCUT2D eigenvalue weighted by atomic mass is 32.2. The van der Waals surface area contributed by atoms with Crippen molar-refractivity contribution in [3.63, 3.8) is 0 Å². The number of rotatable bonds is 5. The first-order chi connectivity index (χ1) is 12.7. The number of amides is 2. The molecule has 1 aliphatic heterocycles. The molecule has 1 aromatic heterocycles. The van der Waals surface area contributed by atoms with Crippen molar-refractivity contribution >= 4 is 34.5 Å². The first-order valence-corrected chi connectivity index (χ1v) is 9.54. The molecule has 1 N–H and O–H groups in total. The van der Waals surface area contributed by atoms with E-state index in [1.807, 2.05) is 60.7 Å². The molecule has 2 heterocycles. The van der Waals surface area contributed by atoms with Crippen LogP contribution in [0.4, 0.5) is 0 Å². The van der Waals surface area contributed by atoms with Gasteiger partial charge in [-0.1, -0.05) is 48.5 Å². The van der Waals surface area contributed by atoms with Crippen LogP contribution in [-0.2, 0) is 9.59 Å². The lowest BCUT2D eigenvalue weighted by atomic mass is 10.0. The quantitative estimate of drug-likeness (QED) is 0.753. The number of fused-ring (bicyclic) bond motifs is 1. The molecule has 0 saturated carbocycles. The zero-order valence-corrected chi connectivity index (χ0v) is 14.9. The van der Waals surface area contributed by atoms with Gasteiger partial charge < -0.3 is 14.6 Å². The van der Waals surface area contributed by atoms with Gasteiger partial charge in [-0.25, -0.2) is 0 Å². The van der Waals surface area contributed by atoms with E-state index in [-0.39, 0.29) is 18.4 Å². The molecule has 1 aliphatic rings. The Morgan fingerprint density at radius 2 is 1.92 bits per heavy atom. The van der Waals surface area contributed by atoms with Crippen molar-refractivity contribution in [2.75, 3.05) is 18.2 Å². The van der Waals surface area contributed by atoms with Gasteiger partial charge in [0.2, 0.25) is 11.8 Å². The second-order valence-corrected chi connectivity index (χ2v) is 7.12. The summed E-state index contributed by atoms with van der Waals surface area (Å²) in [5.41, 5.74) is 1.71. The van der Waals surface area contributed by atoms with Crippen molar-refractivity contribution in [3.8, 4) is 0 Å². The van der Waals surface area contributed by atoms with Gasteiger partial charge in [0, 0.05) is 5.39 Å². The average Bonchev–Trinajstić information content (AvgIpc) is 3.26. The topological polar surface area (TPSA) is 62.6 Å². The first kappa shape index (κ1) is 16.7. The number of thioether (sulfide) groups is 1. The van der Waals surface area contributed by atoms with E-state index in [4.69, 9.17) is 4.42 Å². The molecule has 0 radical (unpaired) electrons. The molecular formula is C20H18N2O3S. The van der Waals surface area contributed by atoms with Crippen LogP contribution in [-0.4, -0.2) is 34.9 Å². The van der Waals surface area contributed by atoms with Crippen LogP contribution in [0.25, 0.3) is 11.0 Å². The monoisotopic (exact) mass is 366 g/mol. The standard InChI is InChI=1S/C20H18N2O3S/c23-18(11-22-13-26-12-19(22)24)21-20(14-6-2-1-3-7-14)17-10-15-8-4-5-9-16(15)25-17/h1-10,20H,11-13H2,(H,21,23). The van der Waals surface area contributed by atoms with Crippen molar-refractivity contribution in [3.05, 3.63) is 72.0 Å². The van der Waals surface area contributed by atoms with Gasteiger partial charge in [-0.2, -0.15) is 0 Å². The zero-order valence-electron chi connectivity index (χ0n) is 14.1. The molecule has 3 aromatic rings. The van der Waals surface area contributed by atoms with Crippen LogP contribution in [0.2, 0.25) is 0 Å². The molecule has 1 atom stereocenters. The summed E-state index contributed by atoms with van der Waals surface area (Å²) < 4.78 is 5.98. The summed E-state index contributed by atoms with van der Waals surface area (Å²) in [4.78, 5) is 25.9. The van der Waals surface area contributed by atoms with Crippen LogP contribution in [0.3, 0.4) is 0 Å². The van der Waals surface area contributed by atoms with Gasteiger partial charge in [-0.05, 0) is 17.7 Å². The van der Waals surface area contributed by atoms with Gasteiger partial charge in [0.25, 0.3) is 0 Å². The maximum atomic E-state index is 12.6. The Hall–Kier alpha value is -2.73. The Balaban J connectivity index is 1.61. The SMILES string of the molecule is O=C(CN1CSCC1=O)NC(c1ccccc1)c1cc2ccccc2o1. The summed E-state index contributed by atoms with van der Waals surface area (Å²) >= 11 is 1.52. The highest BCUT2D eigenvalue weighted by Crippen LogP contribution is 2.28. The molecule has 6 heteroatoms. The maximum Gasteiger partial charge on any atom is 0.240 e. The predicted molar refractivity (Wildman–Crippen MR) is 102 cm³/mol. The number of nitrogens with one attached hydrogen (secondary N) is 1. The fraction of sp³-hybridized carbons (Fsp3) is 0.200. The molecule has 0 bridgehead atoms. The lowest BCUT2D eigenvalue weighted by molar-refractivity contribution is -0.132. The maximum absolute atomic E-state index is 12.6. The second kappa shape index (κ2) is 7.25. The summed E-state index contributed by atoms with van der Waals surface area (Å²) in [5.74, 6) is 1.49. The van der Waals surface area contributed by atoms with E-state index < -0.39 is 6.04 Å². The molecular weight excluding hydrogens is 348 g/mol. The van der Waals surface area contributed by atoms with Gasteiger partial charge in [-0.3, -0.25) is 9.59 Å². The highest BCUT2D eigenvalue weighted by molar-refractivity contribution is 8.00. The van der Waals surface area contributed by atoms with Crippen LogP contribution in [0.15, 0.2) is 65.1 Å². The summed E-state index contributed by atoms with van der Waals surface area (Å²) in [6, 6.07) is 19.0. The van der Waals surface area contributed by atoms with Gasteiger partial charge in [0.15, 0.2) is 0 Å². The smallest absolute Gasteiger partial charge is 0.240 e.